The van der Waals surface area contributed by atoms with Crippen LogP contribution in [0.25, 0.3) is 22.8 Å². The number of carbonyl (C=O) groups is 1. The van der Waals surface area contributed by atoms with Crippen LogP contribution in [0.15, 0.2) is 83.3 Å². The van der Waals surface area contributed by atoms with E-state index in [1.165, 1.54) is 49.9 Å². The summed E-state index contributed by atoms with van der Waals surface area (Å²) in [6.07, 6.45) is 8.33. The molecule has 5 heteroatoms. The van der Waals surface area contributed by atoms with E-state index >= 15 is 0 Å². The quantitative estimate of drug-likeness (QED) is 0.135. The molecule has 4 nitrogen and oxygen atoms in total. The van der Waals surface area contributed by atoms with Crippen molar-refractivity contribution in [3.05, 3.63) is 122 Å². The van der Waals surface area contributed by atoms with E-state index in [0.29, 0.717) is 0 Å². The van der Waals surface area contributed by atoms with Gasteiger partial charge in [-0.3, -0.25) is 4.79 Å². The Balaban J connectivity index is 0.000000382. The lowest BCUT2D eigenvalue weighted by molar-refractivity contribution is -0.104. The molecule has 0 atom stereocenters. The Morgan fingerprint density at radius 3 is 2.09 bits per heavy atom. The van der Waals surface area contributed by atoms with Crippen molar-refractivity contribution in [3.8, 4) is 28.4 Å². The van der Waals surface area contributed by atoms with E-state index in [2.05, 4.69) is 74.7 Å². The van der Waals surface area contributed by atoms with Gasteiger partial charge in [0.05, 0.1) is 21.3 Å². The Hall–Kier alpha value is -4.35. The number of hydrogen-bond acceptors (Lipinski definition) is 5. The summed E-state index contributed by atoms with van der Waals surface area (Å²) >= 11 is 1.85. The molecule has 244 valence electrons. The fraction of sp³-hybridized carbons (Fsp3) is 0.293. The van der Waals surface area contributed by atoms with Crippen LogP contribution >= 0.6 is 11.3 Å². The minimum atomic E-state index is 0. The van der Waals surface area contributed by atoms with Crippen molar-refractivity contribution in [1.29, 1.82) is 0 Å². The molecular formula is C41H50O4S. The van der Waals surface area contributed by atoms with Crippen LogP contribution < -0.4 is 14.2 Å². The van der Waals surface area contributed by atoms with Crippen molar-refractivity contribution in [2.45, 2.75) is 61.3 Å². The normalized spacial score (nSPS) is 12.2. The molecule has 0 radical (unpaired) electrons. The standard InChI is InChI=1S/C27H28O2S.C12H14O2.C2H6.H2/c1-17-7-6-8-22(9-17)23-15-26(30-16-23)24-13-20(10-18(24)2)12-21-11-19(3)27(29-5)25(14-21)28-4;1-9-7-11(5-4-6-13)8-10(2)12(9)14-3;1-2;/h6-11,14-16H,12-13H2,1-5H3;4-8H,1-3H3;1-2H3;1H/b;5-4+;;. The summed E-state index contributed by atoms with van der Waals surface area (Å²) in [5.41, 5.74) is 13.7. The van der Waals surface area contributed by atoms with Crippen LogP contribution in [-0.4, -0.2) is 27.6 Å². The smallest absolute Gasteiger partial charge is 0.163 e. The van der Waals surface area contributed by atoms with Crippen LogP contribution in [0.1, 0.15) is 66.9 Å². The molecule has 1 aliphatic carbocycles. The number of aldehydes is 1. The van der Waals surface area contributed by atoms with Gasteiger partial charge in [-0.25, -0.2) is 0 Å². The van der Waals surface area contributed by atoms with Crippen molar-refractivity contribution in [1.82, 2.24) is 0 Å². The largest absolute Gasteiger partial charge is 0.496 e. The molecule has 0 amide bonds. The zero-order chi connectivity index (χ0) is 33.8. The van der Waals surface area contributed by atoms with Gasteiger partial charge in [0, 0.05) is 6.30 Å². The molecule has 46 heavy (non-hydrogen) atoms. The summed E-state index contributed by atoms with van der Waals surface area (Å²) in [6, 6.07) is 19.4. The van der Waals surface area contributed by atoms with E-state index in [-0.39, 0.29) is 1.43 Å². The molecule has 0 fully saturated rings. The van der Waals surface area contributed by atoms with E-state index in [4.69, 9.17) is 14.2 Å². The van der Waals surface area contributed by atoms with Crippen molar-refractivity contribution >= 4 is 29.3 Å². The number of ether oxygens (including phenoxy) is 3. The maximum atomic E-state index is 10.2. The number of allylic oxidation sites excluding steroid dienone is 5. The molecule has 4 aromatic rings. The van der Waals surface area contributed by atoms with Gasteiger partial charge in [-0.1, -0.05) is 67.5 Å². The molecular weight excluding hydrogens is 589 g/mol. The Morgan fingerprint density at radius 2 is 1.48 bits per heavy atom. The van der Waals surface area contributed by atoms with Crippen molar-refractivity contribution in [3.63, 3.8) is 0 Å². The summed E-state index contributed by atoms with van der Waals surface area (Å²) in [7, 11) is 5.05. The first-order valence-corrected chi connectivity index (χ1v) is 16.6. The molecule has 0 saturated heterocycles. The zero-order valence-electron chi connectivity index (χ0n) is 29.0. The first-order chi connectivity index (χ1) is 22.2. The number of aryl methyl sites for hydroxylation is 4. The van der Waals surface area contributed by atoms with Gasteiger partial charge in [0.15, 0.2) is 11.5 Å². The van der Waals surface area contributed by atoms with Crippen LogP contribution in [0, 0.1) is 27.7 Å². The van der Waals surface area contributed by atoms with Gasteiger partial charge >= 0.3 is 0 Å². The number of carbonyl (C=O) groups excluding carboxylic acids is 1. The van der Waals surface area contributed by atoms with Crippen LogP contribution in [-0.2, 0) is 11.2 Å². The summed E-state index contributed by atoms with van der Waals surface area (Å²) in [6.45, 7) is 14.4. The lowest BCUT2D eigenvalue weighted by atomic mass is 9.99. The molecule has 1 aliphatic rings. The molecule has 0 unspecified atom stereocenters. The third-order valence-electron chi connectivity index (χ3n) is 7.76. The predicted molar refractivity (Wildman–Crippen MR) is 199 cm³/mol. The van der Waals surface area contributed by atoms with Gasteiger partial charge in [-0.15, -0.1) is 11.3 Å². The van der Waals surface area contributed by atoms with Gasteiger partial charge in [-0.05, 0) is 133 Å². The SMILES string of the molecule is CC.COc1c(C)cc(/C=C/C=O)cc1C.COc1cc(CC2=CC(C)=C(c3cc(-c4cccc(C)c4)cs3)C2)cc(C)c1OC.[HH]. The number of benzene rings is 3. The molecule has 1 heterocycles. The summed E-state index contributed by atoms with van der Waals surface area (Å²) in [5, 5.41) is 2.28. The molecule has 5 rings (SSSR count). The zero-order valence-corrected chi connectivity index (χ0v) is 29.9. The van der Waals surface area contributed by atoms with Crippen LogP contribution in [0.5, 0.6) is 17.2 Å². The Morgan fingerprint density at radius 1 is 0.804 bits per heavy atom. The summed E-state index contributed by atoms with van der Waals surface area (Å²) in [4.78, 5) is 11.5. The van der Waals surface area contributed by atoms with Crippen molar-refractivity contribution < 1.29 is 20.4 Å². The van der Waals surface area contributed by atoms with Crippen molar-refractivity contribution in [2.24, 2.45) is 0 Å². The minimum absolute atomic E-state index is 0. The van der Waals surface area contributed by atoms with E-state index in [9.17, 15) is 4.79 Å². The monoisotopic (exact) mass is 638 g/mol. The lowest BCUT2D eigenvalue weighted by Crippen LogP contribution is -1.97. The van der Waals surface area contributed by atoms with Gasteiger partial charge in [0.1, 0.15) is 12.0 Å². The van der Waals surface area contributed by atoms with Crippen LogP contribution in [0.3, 0.4) is 0 Å². The number of rotatable bonds is 9. The van der Waals surface area contributed by atoms with Gasteiger partial charge in [-0.2, -0.15) is 0 Å². The fourth-order valence-corrected chi connectivity index (χ4v) is 6.85. The van der Waals surface area contributed by atoms with Gasteiger partial charge in [0.25, 0.3) is 0 Å². The Kier molecular flexibility index (Phi) is 13.6. The molecule has 0 saturated carbocycles. The van der Waals surface area contributed by atoms with Crippen molar-refractivity contribution in [2.75, 3.05) is 21.3 Å². The topological polar surface area (TPSA) is 44.8 Å². The molecule has 0 N–H and O–H groups in total. The maximum Gasteiger partial charge on any atom is 0.163 e. The second-order valence-electron chi connectivity index (χ2n) is 11.2. The van der Waals surface area contributed by atoms with E-state index in [1.54, 1.807) is 27.4 Å². The number of thiophene rings is 1. The van der Waals surface area contributed by atoms with Crippen LogP contribution in [0.4, 0.5) is 0 Å². The number of hydrogen-bond donors (Lipinski definition) is 0. The summed E-state index contributed by atoms with van der Waals surface area (Å²) < 4.78 is 16.3. The average Bonchev–Trinajstić information content (AvgIpc) is 3.67. The highest BCUT2D eigenvalue weighted by Gasteiger charge is 2.18. The highest BCUT2D eigenvalue weighted by atomic mass is 32.1. The third kappa shape index (κ3) is 9.11. The maximum absolute atomic E-state index is 10.2. The first kappa shape index (κ1) is 36.1. The van der Waals surface area contributed by atoms with Gasteiger partial charge < -0.3 is 14.2 Å². The number of methoxy groups -OCH3 is 3. The fourth-order valence-electron chi connectivity index (χ4n) is 5.82. The van der Waals surface area contributed by atoms with E-state index in [1.807, 2.05) is 51.2 Å². The molecule has 0 aliphatic heterocycles. The first-order valence-electron chi connectivity index (χ1n) is 15.7. The van der Waals surface area contributed by atoms with Gasteiger partial charge in [0.2, 0.25) is 0 Å². The van der Waals surface area contributed by atoms with E-state index < -0.39 is 0 Å². The van der Waals surface area contributed by atoms with E-state index in [0.717, 1.165) is 58.6 Å². The lowest BCUT2D eigenvalue weighted by Gasteiger charge is -2.13. The predicted octanol–water partition coefficient (Wildman–Crippen LogP) is 11.2. The molecule has 0 bridgehead atoms. The Labute approximate surface area is 281 Å². The Bertz CT molecular complexity index is 1720. The molecule has 3 aromatic carbocycles. The second kappa shape index (κ2) is 17.4. The highest BCUT2D eigenvalue weighted by molar-refractivity contribution is 7.11. The second-order valence-corrected chi connectivity index (χ2v) is 12.1. The average molecular weight is 639 g/mol. The molecule has 0 spiro atoms. The minimum Gasteiger partial charge on any atom is -0.496 e. The highest BCUT2D eigenvalue weighted by Crippen LogP contribution is 2.40. The third-order valence-corrected chi connectivity index (χ3v) is 8.75. The van der Waals surface area contributed by atoms with Crippen LogP contribution in [0.2, 0.25) is 0 Å². The summed E-state index contributed by atoms with van der Waals surface area (Å²) in [5.74, 6) is 2.53. The molecule has 1 aromatic heterocycles.